The number of halogens is 1. The van der Waals surface area contributed by atoms with Crippen molar-refractivity contribution in [3.8, 4) is 0 Å². The Hall–Kier alpha value is -2.47. The molecule has 5 nitrogen and oxygen atoms in total. The number of aromatic nitrogens is 3. The van der Waals surface area contributed by atoms with Crippen LogP contribution in [0.2, 0.25) is 0 Å². The molecule has 0 N–H and O–H groups in total. The van der Waals surface area contributed by atoms with Crippen molar-refractivity contribution in [1.29, 1.82) is 0 Å². The highest BCUT2D eigenvalue weighted by molar-refractivity contribution is 9.10. The van der Waals surface area contributed by atoms with Crippen LogP contribution in [0.5, 0.6) is 0 Å². The number of aryl methyl sites for hydroxylation is 1. The molecule has 2 aromatic heterocycles. The summed E-state index contributed by atoms with van der Waals surface area (Å²) < 4.78 is 3.11. The molecule has 4 rings (SSSR count). The molecule has 0 spiro atoms. The zero-order chi connectivity index (χ0) is 19.7. The van der Waals surface area contributed by atoms with E-state index in [1.165, 1.54) is 12.8 Å². The van der Waals surface area contributed by atoms with E-state index in [0.29, 0.717) is 24.6 Å². The lowest BCUT2D eigenvalue weighted by molar-refractivity contribution is 0.0757. The van der Waals surface area contributed by atoms with E-state index in [1.54, 1.807) is 17.2 Å². The van der Waals surface area contributed by atoms with Crippen molar-refractivity contribution in [2.45, 2.75) is 32.9 Å². The van der Waals surface area contributed by atoms with Gasteiger partial charge in [-0.1, -0.05) is 28.1 Å². The van der Waals surface area contributed by atoms with Crippen molar-refractivity contribution < 1.29 is 4.79 Å². The van der Waals surface area contributed by atoms with E-state index >= 15 is 0 Å². The van der Waals surface area contributed by atoms with Crippen LogP contribution >= 0.6 is 15.9 Å². The van der Waals surface area contributed by atoms with Crippen molar-refractivity contribution >= 4 is 33.0 Å². The highest BCUT2D eigenvalue weighted by Gasteiger charge is 2.26. The molecule has 0 aliphatic heterocycles. The van der Waals surface area contributed by atoms with E-state index in [0.717, 1.165) is 33.6 Å². The van der Waals surface area contributed by atoms with Gasteiger partial charge < -0.3 is 9.47 Å². The lowest BCUT2D eigenvalue weighted by atomic mass is 10.1. The predicted molar refractivity (Wildman–Crippen MR) is 114 cm³/mol. The first-order valence-corrected chi connectivity index (χ1v) is 10.3. The molecule has 1 aliphatic rings. The molecule has 6 heteroatoms. The fraction of sp³-hybridized carbons (Fsp3) is 0.318. The molecule has 0 bridgehead atoms. The van der Waals surface area contributed by atoms with E-state index in [-0.39, 0.29) is 5.91 Å². The van der Waals surface area contributed by atoms with Crippen LogP contribution < -0.4 is 0 Å². The quantitative estimate of drug-likeness (QED) is 0.500. The fourth-order valence-corrected chi connectivity index (χ4v) is 3.71. The van der Waals surface area contributed by atoms with Gasteiger partial charge in [0.15, 0.2) is 5.65 Å². The molecule has 3 aromatic rings. The molecular weight excluding hydrogens is 416 g/mol. The average Bonchev–Trinajstić information content (AvgIpc) is 3.45. The van der Waals surface area contributed by atoms with Crippen LogP contribution in [-0.2, 0) is 13.1 Å². The maximum Gasteiger partial charge on any atom is 0.254 e. The third-order valence-electron chi connectivity index (χ3n) is 5.11. The van der Waals surface area contributed by atoms with Crippen molar-refractivity contribution in [3.63, 3.8) is 0 Å². The second-order valence-electron chi connectivity index (χ2n) is 7.37. The van der Waals surface area contributed by atoms with Crippen LogP contribution in [-0.4, -0.2) is 31.9 Å². The molecule has 0 radical (unpaired) electrons. The summed E-state index contributed by atoms with van der Waals surface area (Å²) in [6.07, 6.45) is 6.05. The maximum atomic E-state index is 13.2. The molecule has 1 aliphatic carbocycles. The molecule has 2 heterocycles. The predicted octanol–water partition coefficient (Wildman–Crippen LogP) is 4.74. The number of benzene rings is 1. The Labute approximate surface area is 173 Å². The summed E-state index contributed by atoms with van der Waals surface area (Å²) in [5.74, 6) is 1.54. The van der Waals surface area contributed by atoms with E-state index in [1.807, 2.05) is 37.3 Å². The number of amides is 1. The van der Waals surface area contributed by atoms with Gasteiger partial charge in [-0.05, 0) is 55.5 Å². The summed E-state index contributed by atoms with van der Waals surface area (Å²) in [7, 11) is 0. The van der Waals surface area contributed by atoms with Crippen LogP contribution in [0.25, 0.3) is 11.2 Å². The Morgan fingerprint density at radius 1 is 1.39 bits per heavy atom. The highest BCUT2D eigenvalue weighted by atomic mass is 79.9. The molecule has 1 fully saturated rings. The smallest absolute Gasteiger partial charge is 0.254 e. The number of carbonyl (C=O) groups is 1. The van der Waals surface area contributed by atoms with Crippen LogP contribution in [0.3, 0.4) is 0 Å². The first-order chi connectivity index (χ1) is 13.6. The van der Waals surface area contributed by atoms with Gasteiger partial charge in [-0.2, -0.15) is 0 Å². The van der Waals surface area contributed by atoms with Gasteiger partial charge >= 0.3 is 0 Å². The number of pyridine rings is 1. The molecule has 0 saturated heterocycles. The Morgan fingerprint density at radius 2 is 2.21 bits per heavy atom. The zero-order valence-electron chi connectivity index (χ0n) is 15.9. The number of carbonyl (C=O) groups excluding carboxylic acids is 1. The largest absolute Gasteiger partial charge is 0.327 e. The Bertz CT molecular complexity index is 1040. The number of nitrogens with zero attached hydrogens (tertiary/aromatic N) is 4. The van der Waals surface area contributed by atoms with Crippen molar-refractivity contribution in [1.82, 2.24) is 19.4 Å². The molecule has 144 valence electrons. The second-order valence-corrected chi connectivity index (χ2v) is 8.22. The minimum Gasteiger partial charge on any atom is -0.327 e. The van der Waals surface area contributed by atoms with Gasteiger partial charge in [-0.25, -0.2) is 9.97 Å². The van der Waals surface area contributed by atoms with Crippen LogP contribution in [0.4, 0.5) is 0 Å². The lowest BCUT2D eigenvalue weighted by Gasteiger charge is -2.22. The highest BCUT2D eigenvalue weighted by Crippen LogP contribution is 2.32. The van der Waals surface area contributed by atoms with Crippen LogP contribution in [0.15, 0.2) is 53.7 Å². The van der Waals surface area contributed by atoms with Gasteiger partial charge in [0, 0.05) is 29.3 Å². The molecule has 1 aromatic carbocycles. The number of hydrogen-bond donors (Lipinski definition) is 0. The molecule has 0 unspecified atom stereocenters. The van der Waals surface area contributed by atoms with Gasteiger partial charge in [-0.3, -0.25) is 4.79 Å². The number of hydrogen-bond acceptors (Lipinski definition) is 3. The Balaban J connectivity index is 1.66. The molecule has 1 saturated carbocycles. The van der Waals surface area contributed by atoms with Gasteiger partial charge in [0.2, 0.25) is 0 Å². The van der Waals surface area contributed by atoms with Gasteiger partial charge in [0.25, 0.3) is 5.91 Å². The molecule has 1 amide bonds. The summed E-state index contributed by atoms with van der Waals surface area (Å²) in [6, 6.07) is 9.58. The monoisotopic (exact) mass is 438 g/mol. The van der Waals surface area contributed by atoms with E-state index in [4.69, 9.17) is 4.98 Å². The van der Waals surface area contributed by atoms with Crippen LogP contribution in [0, 0.1) is 12.8 Å². The van der Waals surface area contributed by atoms with Crippen molar-refractivity contribution in [3.05, 3.63) is 70.6 Å². The molecule has 28 heavy (non-hydrogen) atoms. The summed E-state index contributed by atoms with van der Waals surface area (Å²) in [6.45, 7) is 7.64. The number of fused-ring (bicyclic) bond motifs is 1. The molecular formula is C22H23BrN4O. The fourth-order valence-electron chi connectivity index (χ4n) is 3.33. The normalized spacial score (nSPS) is 13.6. The van der Waals surface area contributed by atoms with Gasteiger partial charge in [-0.15, -0.1) is 6.58 Å². The van der Waals surface area contributed by atoms with Crippen LogP contribution in [0.1, 0.15) is 34.6 Å². The van der Waals surface area contributed by atoms with Gasteiger partial charge in [0.1, 0.15) is 11.3 Å². The minimum absolute atomic E-state index is 0.0291. The van der Waals surface area contributed by atoms with Gasteiger partial charge in [0.05, 0.1) is 6.54 Å². The number of rotatable bonds is 7. The van der Waals surface area contributed by atoms with E-state index in [9.17, 15) is 4.79 Å². The van der Waals surface area contributed by atoms with Crippen molar-refractivity contribution in [2.75, 3.05) is 6.54 Å². The maximum absolute atomic E-state index is 13.2. The van der Waals surface area contributed by atoms with Crippen molar-refractivity contribution in [2.24, 2.45) is 5.92 Å². The first-order valence-electron chi connectivity index (χ1n) is 9.53. The zero-order valence-corrected chi connectivity index (χ0v) is 17.5. The summed E-state index contributed by atoms with van der Waals surface area (Å²) in [5, 5.41) is 0. The van der Waals surface area contributed by atoms with E-state index in [2.05, 4.69) is 32.1 Å². The second kappa shape index (κ2) is 7.87. The average molecular weight is 439 g/mol. The van der Waals surface area contributed by atoms with E-state index < -0.39 is 0 Å². The Kier molecular flexibility index (Phi) is 5.31. The summed E-state index contributed by atoms with van der Waals surface area (Å²) in [5.41, 5.74) is 3.53. The third-order valence-corrected chi connectivity index (χ3v) is 5.96. The summed E-state index contributed by atoms with van der Waals surface area (Å²) >= 11 is 3.52. The topological polar surface area (TPSA) is 51.0 Å². The standard InChI is InChI=1S/C22H23BrN4O/c1-3-11-26(22(28)17-9-6-15(2)18(23)12-17)14-20-25-19-5-4-10-24-21(19)27(20)13-16-7-8-16/h3-6,9-10,12,16H,1,7-8,11,13-14H2,2H3. The Morgan fingerprint density at radius 3 is 2.93 bits per heavy atom. The third kappa shape index (κ3) is 3.87. The minimum atomic E-state index is -0.0291. The molecule has 0 atom stereocenters. The lowest BCUT2D eigenvalue weighted by Crippen LogP contribution is -2.32. The summed E-state index contributed by atoms with van der Waals surface area (Å²) in [4.78, 5) is 24.3. The first kappa shape index (κ1) is 18.9. The SMILES string of the molecule is C=CCN(Cc1nc2cccnc2n1CC1CC1)C(=O)c1ccc(C)c(Br)c1. The number of imidazole rings is 1.